The lowest BCUT2D eigenvalue weighted by Crippen LogP contribution is -1.84. The fourth-order valence-electron chi connectivity index (χ4n) is 2.20. The molecule has 23 heavy (non-hydrogen) atoms. The van der Waals surface area contributed by atoms with Crippen LogP contribution in [0.4, 0.5) is 0 Å². The van der Waals surface area contributed by atoms with Gasteiger partial charge in [-0.25, -0.2) is 0 Å². The van der Waals surface area contributed by atoms with Gasteiger partial charge in [0.15, 0.2) is 0 Å². The minimum Gasteiger partial charge on any atom is -0.280 e. The van der Waals surface area contributed by atoms with Crippen LogP contribution < -0.4 is 0 Å². The molecule has 3 rings (SSSR count). The van der Waals surface area contributed by atoms with Crippen molar-refractivity contribution < 1.29 is 0 Å². The third-order valence-corrected chi connectivity index (χ3v) is 3.91. The number of benzene rings is 3. The first kappa shape index (κ1) is 15.6. The van der Waals surface area contributed by atoms with Crippen LogP contribution in [0.3, 0.4) is 0 Å². The van der Waals surface area contributed by atoms with E-state index in [4.69, 9.17) is 23.2 Å². The van der Waals surface area contributed by atoms with Gasteiger partial charge in [0.05, 0.1) is 5.02 Å². The predicted octanol–water partition coefficient (Wildman–Crippen LogP) is 5.62. The van der Waals surface area contributed by atoms with Crippen molar-refractivity contribution in [1.29, 1.82) is 0 Å². The van der Waals surface area contributed by atoms with Crippen molar-refractivity contribution in [3.8, 4) is 11.8 Å². The Kier molecular flexibility index (Phi) is 4.98. The van der Waals surface area contributed by atoms with Crippen LogP contribution in [-0.2, 0) is 0 Å². The maximum atomic E-state index is 6.08. The molecule has 0 atom stereocenters. The van der Waals surface area contributed by atoms with E-state index in [1.807, 2.05) is 24.3 Å². The number of hydrogen-bond acceptors (Lipinski definition) is 1. The number of halogens is 2. The summed E-state index contributed by atoms with van der Waals surface area (Å²) in [4.78, 5) is 4.28. The van der Waals surface area contributed by atoms with E-state index >= 15 is 0 Å². The lowest BCUT2D eigenvalue weighted by atomic mass is 10.1. The summed E-state index contributed by atoms with van der Waals surface area (Å²) in [5.41, 5.74) is 1.83. The third-order valence-electron chi connectivity index (χ3n) is 3.35. The minimum atomic E-state index is 0.422. The van der Waals surface area contributed by atoms with Crippen LogP contribution in [0.25, 0.3) is 10.8 Å². The highest BCUT2D eigenvalue weighted by atomic mass is 35.5. The Bertz CT molecular complexity index is 933. The molecule has 0 saturated carbocycles. The summed E-state index contributed by atoms with van der Waals surface area (Å²) >= 11 is 11.9. The van der Waals surface area contributed by atoms with Gasteiger partial charge < -0.3 is 0 Å². The first-order chi connectivity index (χ1) is 11.2. The second kappa shape index (κ2) is 7.33. The van der Waals surface area contributed by atoms with Gasteiger partial charge in [0.2, 0.25) is 0 Å². The third kappa shape index (κ3) is 4.13. The summed E-state index contributed by atoms with van der Waals surface area (Å²) < 4.78 is 0. The van der Waals surface area contributed by atoms with Crippen molar-refractivity contribution in [3.63, 3.8) is 0 Å². The Balaban J connectivity index is 1.68. The van der Waals surface area contributed by atoms with Crippen LogP contribution in [-0.4, -0.2) is 12.8 Å². The molecule has 0 N–H and O–H groups in total. The molecule has 0 heterocycles. The molecule has 0 aliphatic heterocycles. The van der Waals surface area contributed by atoms with Crippen molar-refractivity contribution in [2.75, 3.05) is 6.54 Å². The van der Waals surface area contributed by atoms with Gasteiger partial charge in [-0.05, 0) is 35.0 Å². The van der Waals surface area contributed by atoms with Crippen LogP contribution in [0.15, 0.2) is 65.7 Å². The van der Waals surface area contributed by atoms with Gasteiger partial charge in [0, 0.05) is 22.4 Å². The average Bonchev–Trinajstić information content (AvgIpc) is 2.56. The summed E-state index contributed by atoms with van der Waals surface area (Å²) in [6.45, 7) is 0.422. The fourth-order valence-corrected chi connectivity index (χ4v) is 2.66. The molecular formula is C20H13Cl2N. The fraction of sp³-hybridized carbons (Fsp3) is 0.0500. The van der Waals surface area contributed by atoms with E-state index in [2.05, 4.69) is 41.1 Å². The molecule has 3 aromatic rings. The molecule has 0 aromatic heterocycles. The summed E-state index contributed by atoms with van der Waals surface area (Å²) in [6, 6.07) is 19.7. The lowest BCUT2D eigenvalue weighted by molar-refractivity contribution is 1.30. The molecule has 0 spiro atoms. The van der Waals surface area contributed by atoms with Crippen molar-refractivity contribution in [2.45, 2.75) is 0 Å². The molecule has 0 unspecified atom stereocenters. The number of hydrogen-bond donors (Lipinski definition) is 0. The Labute approximate surface area is 145 Å². The molecule has 0 radical (unpaired) electrons. The maximum absolute atomic E-state index is 6.08. The second-order valence-electron chi connectivity index (χ2n) is 5.00. The number of rotatable bonds is 2. The zero-order valence-corrected chi connectivity index (χ0v) is 13.8. The van der Waals surface area contributed by atoms with E-state index in [0.717, 1.165) is 11.1 Å². The first-order valence-electron chi connectivity index (χ1n) is 7.15. The van der Waals surface area contributed by atoms with E-state index in [-0.39, 0.29) is 0 Å². The molecule has 3 aromatic carbocycles. The van der Waals surface area contributed by atoms with Crippen LogP contribution in [0.5, 0.6) is 0 Å². The van der Waals surface area contributed by atoms with E-state index in [1.165, 1.54) is 10.8 Å². The highest BCUT2D eigenvalue weighted by Crippen LogP contribution is 2.19. The van der Waals surface area contributed by atoms with Gasteiger partial charge >= 0.3 is 0 Å². The second-order valence-corrected chi connectivity index (χ2v) is 5.84. The van der Waals surface area contributed by atoms with E-state index in [1.54, 1.807) is 18.3 Å². The quantitative estimate of drug-likeness (QED) is 0.425. The Morgan fingerprint density at radius 1 is 0.913 bits per heavy atom. The maximum Gasteiger partial charge on any atom is 0.100 e. The van der Waals surface area contributed by atoms with Crippen LogP contribution in [0.2, 0.25) is 10.0 Å². The van der Waals surface area contributed by atoms with E-state index in [0.29, 0.717) is 16.6 Å². The predicted molar refractivity (Wildman–Crippen MR) is 99.7 cm³/mol. The van der Waals surface area contributed by atoms with E-state index in [9.17, 15) is 0 Å². The molecule has 1 nitrogen and oxygen atoms in total. The molecule has 0 amide bonds. The molecular weight excluding hydrogens is 325 g/mol. The summed E-state index contributed by atoms with van der Waals surface area (Å²) in [6.07, 6.45) is 1.72. The van der Waals surface area contributed by atoms with Crippen molar-refractivity contribution in [1.82, 2.24) is 0 Å². The number of nitrogens with zero attached hydrogens (tertiary/aromatic N) is 1. The van der Waals surface area contributed by atoms with Crippen molar-refractivity contribution >= 4 is 40.2 Å². The molecule has 0 aliphatic carbocycles. The van der Waals surface area contributed by atoms with Gasteiger partial charge in [-0.1, -0.05) is 71.4 Å². The van der Waals surface area contributed by atoms with Gasteiger partial charge in [-0.3, -0.25) is 4.99 Å². The topological polar surface area (TPSA) is 12.4 Å². The van der Waals surface area contributed by atoms with Gasteiger partial charge in [0.1, 0.15) is 6.54 Å². The zero-order chi connectivity index (χ0) is 16.1. The highest BCUT2D eigenvalue weighted by Gasteiger charge is 1.97. The molecule has 0 saturated heterocycles. The monoisotopic (exact) mass is 337 g/mol. The zero-order valence-electron chi connectivity index (χ0n) is 12.3. The molecule has 0 bridgehead atoms. The Hall–Kier alpha value is -2.27. The van der Waals surface area contributed by atoms with Gasteiger partial charge in [0.25, 0.3) is 0 Å². The molecule has 112 valence electrons. The summed E-state index contributed by atoms with van der Waals surface area (Å²) in [5.74, 6) is 6.18. The normalized spacial score (nSPS) is 10.7. The SMILES string of the molecule is Clc1ccc(/C=N/CC#Cc2ccc3ccccc3c2)c(Cl)c1. The van der Waals surface area contributed by atoms with Crippen LogP contribution in [0.1, 0.15) is 11.1 Å². The lowest BCUT2D eigenvalue weighted by Gasteiger charge is -1.97. The van der Waals surface area contributed by atoms with Crippen LogP contribution in [0, 0.1) is 11.8 Å². The summed E-state index contributed by atoms with van der Waals surface area (Å²) in [7, 11) is 0. The number of fused-ring (bicyclic) bond motifs is 1. The number of aliphatic imine (C=N–C) groups is 1. The van der Waals surface area contributed by atoms with E-state index < -0.39 is 0 Å². The van der Waals surface area contributed by atoms with Crippen molar-refractivity contribution in [2.24, 2.45) is 4.99 Å². The smallest absolute Gasteiger partial charge is 0.100 e. The van der Waals surface area contributed by atoms with Gasteiger partial charge in [-0.15, -0.1) is 0 Å². The standard InChI is InChI=1S/C20H13Cl2N/c21-19-10-9-18(20(22)13-19)14-23-11-3-4-15-7-8-16-5-1-2-6-17(16)12-15/h1-2,5-10,12-14H,11H2/b23-14+. The average molecular weight is 338 g/mol. The molecule has 3 heteroatoms. The Morgan fingerprint density at radius 2 is 1.74 bits per heavy atom. The molecule has 0 fully saturated rings. The van der Waals surface area contributed by atoms with Crippen LogP contribution >= 0.6 is 23.2 Å². The Morgan fingerprint density at radius 3 is 2.57 bits per heavy atom. The summed E-state index contributed by atoms with van der Waals surface area (Å²) in [5, 5.41) is 3.61. The van der Waals surface area contributed by atoms with Gasteiger partial charge in [-0.2, -0.15) is 0 Å². The van der Waals surface area contributed by atoms with Crippen molar-refractivity contribution in [3.05, 3.63) is 81.8 Å². The largest absolute Gasteiger partial charge is 0.280 e. The first-order valence-corrected chi connectivity index (χ1v) is 7.90. The minimum absolute atomic E-state index is 0.422. The highest BCUT2D eigenvalue weighted by molar-refractivity contribution is 6.36. The molecule has 0 aliphatic rings.